The third-order valence-electron chi connectivity index (χ3n) is 3.17. The van der Waals surface area contributed by atoms with Crippen molar-refractivity contribution >= 4 is 39.4 Å². The van der Waals surface area contributed by atoms with Crippen molar-refractivity contribution in [3.05, 3.63) is 58.6 Å². The largest absolute Gasteiger partial charge is 0.482 e. The van der Waals surface area contributed by atoms with Gasteiger partial charge < -0.3 is 20.1 Å². The van der Waals surface area contributed by atoms with Crippen LogP contribution in [0.3, 0.4) is 0 Å². The fraction of sp³-hybridized carbons (Fsp3) is 0.167. The van der Waals surface area contributed by atoms with Crippen LogP contribution in [0.25, 0.3) is 0 Å². The Hall–Kier alpha value is -2.87. The first-order valence-electron chi connectivity index (χ1n) is 7.64. The first kappa shape index (κ1) is 19.5. The van der Waals surface area contributed by atoms with Crippen LogP contribution in [0.2, 0.25) is 0 Å². The number of benzene rings is 2. The molecule has 2 aromatic rings. The van der Waals surface area contributed by atoms with Crippen LogP contribution in [0.4, 0.5) is 5.69 Å². The summed E-state index contributed by atoms with van der Waals surface area (Å²) in [5.74, 6) is -0.858. The summed E-state index contributed by atoms with van der Waals surface area (Å²) in [4.78, 5) is 34.9. The zero-order valence-electron chi connectivity index (χ0n) is 14.0. The van der Waals surface area contributed by atoms with E-state index < -0.39 is 18.5 Å². The molecule has 0 aromatic heterocycles. The van der Waals surface area contributed by atoms with E-state index in [1.807, 2.05) is 6.07 Å². The molecule has 0 aliphatic rings. The van der Waals surface area contributed by atoms with Crippen LogP contribution in [-0.2, 0) is 14.3 Å². The second kappa shape index (κ2) is 9.57. The minimum absolute atomic E-state index is 0.220. The van der Waals surface area contributed by atoms with Crippen LogP contribution in [0.1, 0.15) is 10.4 Å². The number of anilines is 1. The van der Waals surface area contributed by atoms with Gasteiger partial charge in [0.05, 0.1) is 0 Å². The van der Waals surface area contributed by atoms with E-state index in [1.165, 1.54) is 7.05 Å². The zero-order chi connectivity index (χ0) is 18.9. The van der Waals surface area contributed by atoms with Gasteiger partial charge in [0, 0.05) is 22.8 Å². The van der Waals surface area contributed by atoms with Crippen molar-refractivity contribution in [2.75, 3.05) is 25.6 Å². The Morgan fingerprint density at radius 1 is 1.04 bits per heavy atom. The Morgan fingerprint density at radius 3 is 2.42 bits per heavy atom. The summed E-state index contributed by atoms with van der Waals surface area (Å²) in [6.07, 6.45) is 0. The Labute approximate surface area is 158 Å². The Bertz CT molecular complexity index is 792. The van der Waals surface area contributed by atoms with Crippen LogP contribution < -0.4 is 15.4 Å². The number of carbonyl (C=O) groups is 3. The lowest BCUT2D eigenvalue weighted by atomic mass is 10.2. The van der Waals surface area contributed by atoms with E-state index in [1.54, 1.807) is 42.5 Å². The molecular formula is C18H17BrN2O5. The lowest BCUT2D eigenvalue weighted by Gasteiger charge is -2.08. The van der Waals surface area contributed by atoms with Gasteiger partial charge in [-0.05, 0) is 42.5 Å². The van der Waals surface area contributed by atoms with E-state index >= 15 is 0 Å². The lowest BCUT2D eigenvalue weighted by molar-refractivity contribution is -0.149. The van der Waals surface area contributed by atoms with Crippen LogP contribution >= 0.6 is 15.9 Å². The molecule has 0 unspecified atom stereocenters. The topological polar surface area (TPSA) is 93.7 Å². The number of nitrogens with one attached hydrogen (secondary N) is 2. The van der Waals surface area contributed by atoms with Gasteiger partial charge in [-0.15, -0.1) is 0 Å². The van der Waals surface area contributed by atoms with Crippen LogP contribution in [-0.4, -0.2) is 38.0 Å². The Morgan fingerprint density at radius 2 is 1.77 bits per heavy atom. The molecule has 0 fully saturated rings. The molecule has 0 spiro atoms. The molecule has 2 aromatic carbocycles. The van der Waals surface area contributed by atoms with E-state index in [2.05, 4.69) is 26.6 Å². The van der Waals surface area contributed by atoms with Crippen LogP contribution in [0, 0.1) is 0 Å². The summed E-state index contributed by atoms with van der Waals surface area (Å²) in [5.41, 5.74) is 0.964. The molecule has 0 bridgehead atoms. The molecule has 0 radical (unpaired) electrons. The van der Waals surface area contributed by atoms with Gasteiger partial charge in [0.25, 0.3) is 11.8 Å². The number of amides is 2. The first-order valence-corrected chi connectivity index (χ1v) is 8.43. The normalized spacial score (nSPS) is 9.92. The number of esters is 1. The number of halogens is 1. The molecule has 0 saturated heterocycles. The van der Waals surface area contributed by atoms with E-state index in [-0.39, 0.29) is 12.5 Å². The average Bonchev–Trinajstić information content (AvgIpc) is 2.64. The fourth-order valence-corrected chi connectivity index (χ4v) is 2.31. The summed E-state index contributed by atoms with van der Waals surface area (Å²) >= 11 is 3.30. The predicted octanol–water partition coefficient (Wildman–Crippen LogP) is 2.37. The fourth-order valence-electron chi connectivity index (χ4n) is 1.93. The predicted molar refractivity (Wildman–Crippen MR) is 99.1 cm³/mol. The highest BCUT2D eigenvalue weighted by molar-refractivity contribution is 9.10. The molecule has 26 heavy (non-hydrogen) atoms. The van der Waals surface area contributed by atoms with Gasteiger partial charge in [-0.1, -0.05) is 22.0 Å². The average molecular weight is 421 g/mol. The third kappa shape index (κ3) is 6.21. The van der Waals surface area contributed by atoms with Gasteiger partial charge >= 0.3 is 5.97 Å². The van der Waals surface area contributed by atoms with Crippen molar-refractivity contribution in [2.45, 2.75) is 0 Å². The maximum Gasteiger partial charge on any atom is 0.344 e. The molecule has 0 aliphatic carbocycles. The minimum atomic E-state index is -0.657. The van der Waals surface area contributed by atoms with E-state index in [0.717, 1.165) is 4.47 Å². The SMILES string of the molecule is CNC(=O)c1ccc(NC(=O)COC(=O)COc2cccc(Br)c2)cc1. The van der Waals surface area contributed by atoms with Crippen LogP contribution in [0.15, 0.2) is 53.0 Å². The van der Waals surface area contributed by atoms with Gasteiger partial charge in [-0.3, -0.25) is 9.59 Å². The maximum atomic E-state index is 11.8. The highest BCUT2D eigenvalue weighted by Crippen LogP contribution is 2.17. The highest BCUT2D eigenvalue weighted by Gasteiger charge is 2.10. The monoisotopic (exact) mass is 420 g/mol. The van der Waals surface area contributed by atoms with E-state index in [4.69, 9.17) is 9.47 Å². The summed E-state index contributed by atoms with van der Waals surface area (Å²) in [7, 11) is 1.53. The van der Waals surface area contributed by atoms with Crippen molar-refractivity contribution < 1.29 is 23.9 Å². The van der Waals surface area contributed by atoms with Gasteiger partial charge in [0.1, 0.15) is 5.75 Å². The number of carbonyl (C=O) groups excluding carboxylic acids is 3. The highest BCUT2D eigenvalue weighted by atomic mass is 79.9. The van der Waals surface area contributed by atoms with Crippen molar-refractivity contribution in [3.63, 3.8) is 0 Å². The number of hydrogen-bond donors (Lipinski definition) is 2. The molecule has 8 heteroatoms. The smallest absolute Gasteiger partial charge is 0.344 e. The summed E-state index contributed by atoms with van der Waals surface area (Å²) in [6.45, 7) is -0.734. The van der Waals surface area contributed by atoms with Crippen molar-refractivity contribution in [3.8, 4) is 5.75 Å². The molecule has 2 rings (SSSR count). The van der Waals surface area contributed by atoms with Crippen molar-refractivity contribution in [1.29, 1.82) is 0 Å². The van der Waals surface area contributed by atoms with Gasteiger partial charge in [-0.25, -0.2) is 4.79 Å². The van der Waals surface area contributed by atoms with Crippen molar-refractivity contribution in [1.82, 2.24) is 5.32 Å². The van der Waals surface area contributed by atoms with Gasteiger partial charge in [0.15, 0.2) is 13.2 Å². The molecular weight excluding hydrogens is 404 g/mol. The van der Waals surface area contributed by atoms with Gasteiger partial charge in [-0.2, -0.15) is 0 Å². The second-order valence-electron chi connectivity index (χ2n) is 5.11. The summed E-state index contributed by atoms with van der Waals surface area (Å²) < 4.78 is 11.0. The molecule has 0 aliphatic heterocycles. The number of rotatable bonds is 7. The van der Waals surface area contributed by atoms with E-state index in [0.29, 0.717) is 17.0 Å². The maximum absolute atomic E-state index is 11.8. The van der Waals surface area contributed by atoms with Crippen molar-refractivity contribution in [2.24, 2.45) is 0 Å². The molecule has 2 amide bonds. The Balaban J connectivity index is 1.74. The quantitative estimate of drug-likeness (QED) is 0.670. The van der Waals surface area contributed by atoms with Gasteiger partial charge in [0.2, 0.25) is 0 Å². The zero-order valence-corrected chi connectivity index (χ0v) is 15.5. The molecule has 0 heterocycles. The molecule has 0 saturated carbocycles. The third-order valence-corrected chi connectivity index (χ3v) is 3.67. The standard InChI is InChI=1S/C18H17BrN2O5/c1-20-18(24)12-5-7-14(8-6-12)21-16(22)10-26-17(23)11-25-15-4-2-3-13(19)9-15/h2-9H,10-11H2,1H3,(H,20,24)(H,21,22). The first-order chi connectivity index (χ1) is 12.5. The summed E-state index contributed by atoms with van der Waals surface area (Å²) in [6, 6.07) is 13.3. The second-order valence-corrected chi connectivity index (χ2v) is 6.03. The van der Waals surface area contributed by atoms with E-state index in [9.17, 15) is 14.4 Å². The number of ether oxygens (including phenoxy) is 2. The van der Waals surface area contributed by atoms with Crippen LogP contribution in [0.5, 0.6) is 5.75 Å². The molecule has 7 nitrogen and oxygen atoms in total. The molecule has 2 N–H and O–H groups in total. The Kier molecular flexibility index (Phi) is 7.16. The molecule has 0 atom stereocenters. The minimum Gasteiger partial charge on any atom is -0.482 e. The number of hydrogen-bond acceptors (Lipinski definition) is 5. The molecule has 136 valence electrons. The summed E-state index contributed by atoms with van der Waals surface area (Å²) in [5, 5.41) is 5.07. The lowest BCUT2D eigenvalue weighted by Crippen LogP contribution is -2.23.